The van der Waals surface area contributed by atoms with Gasteiger partial charge < -0.3 is 9.47 Å². The first-order valence-electron chi connectivity index (χ1n) is 7.92. The van der Waals surface area contributed by atoms with Crippen LogP contribution in [0.4, 0.5) is 0 Å². The summed E-state index contributed by atoms with van der Waals surface area (Å²) in [5.41, 5.74) is 3.30. The predicted molar refractivity (Wildman–Crippen MR) is 106 cm³/mol. The predicted octanol–water partition coefficient (Wildman–Crippen LogP) is 4.14. The van der Waals surface area contributed by atoms with Crippen molar-refractivity contribution in [1.29, 1.82) is 0 Å². The van der Waals surface area contributed by atoms with Gasteiger partial charge in [0.05, 0.1) is 13.3 Å². The third kappa shape index (κ3) is 4.83. The Kier molecular flexibility index (Phi) is 5.86. The monoisotopic (exact) mass is 412 g/mol. The summed E-state index contributed by atoms with van der Waals surface area (Å²) in [6.07, 6.45) is 1.56. The molecule has 3 aromatic carbocycles. The van der Waals surface area contributed by atoms with Gasteiger partial charge in [0.25, 0.3) is 5.91 Å². The molecule has 0 saturated heterocycles. The Morgan fingerprint density at radius 2 is 1.73 bits per heavy atom. The van der Waals surface area contributed by atoms with Gasteiger partial charge in [-0.25, -0.2) is 5.43 Å². The van der Waals surface area contributed by atoms with Crippen LogP contribution in [0.2, 0.25) is 0 Å². The minimum atomic E-state index is -0.328. The van der Waals surface area contributed by atoms with E-state index in [-0.39, 0.29) is 12.5 Å². The number of hydrazone groups is 1. The van der Waals surface area contributed by atoms with Gasteiger partial charge in [0, 0.05) is 4.47 Å². The maximum absolute atomic E-state index is 11.8. The standard InChI is InChI=1S/C20H17BrN2O3/c1-25-18-7-2-14(3-8-18)12-22-23-20(24)13-26-19-9-5-15-10-17(21)6-4-16(15)11-19/h2-12H,13H2,1H3,(H,23,24)/b22-12+. The second-order valence-corrected chi connectivity index (χ2v) is 6.42. The lowest BCUT2D eigenvalue weighted by molar-refractivity contribution is -0.123. The number of ether oxygens (including phenoxy) is 2. The average molecular weight is 413 g/mol. The van der Waals surface area contributed by atoms with Crippen LogP contribution in [0, 0.1) is 0 Å². The molecule has 1 amide bonds. The van der Waals surface area contributed by atoms with Gasteiger partial charge in [-0.15, -0.1) is 0 Å². The van der Waals surface area contributed by atoms with Crippen molar-refractivity contribution in [3.8, 4) is 11.5 Å². The molecule has 0 unspecified atom stereocenters. The van der Waals surface area contributed by atoms with E-state index >= 15 is 0 Å². The summed E-state index contributed by atoms with van der Waals surface area (Å²) >= 11 is 3.44. The Bertz CT molecular complexity index is 939. The fourth-order valence-electron chi connectivity index (χ4n) is 2.33. The van der Waals surface area contributed by atoms with Crippen molar-refractivity contribution in [2.45, 2.75) is 0 Å². The topological polar surface area (TPSA) is 59.9 Å². The Morgan fingerprint density at radius 3 is 2.50 bits per heavy atom. The van der Waals surface area contributed by atoms with E-state index in [0.29, 0.717) is 5.75 Å². The molecule has 0 bridgehead atoms. The number of hydrogen-bond acceptors (Lipinski definition) is 4. The molecule has 0 radical (unpaired) electrons. The first-order chi connectivity index (χ1) is 12.6. The zero-order valence-electron chi connectivity index (χ0n) is 14.1. The maximum Gasteiger partial charge on any atom is 0.277 e. The fourth-order valence-corrected chi connectivity index (χ4v) is 2.71. The molecule has 0 aliphatic rings. The number of fused-ring (bicyclic) bond motifs is 1. The van der Waals surface area contributed by atoms with Crippen molar-refractivity contribution in [1.82, 2.24) is 5.43 Å². The van der Waals surface area contributed by atoms with Crippen molar-refractivity contribution < 1.29 is 14.3 Å². The zero-order chi connectivity index (χ0) is 18.4. The Labute approximate surface area is 159 Å². The minimum absolute atomic E-state index is 0.109. The van der Waals surface area contributed by atoms with Crippen LogP contribution in [0.5, 0.6) is 11.5 Å². The number of carbonyl (C=O) groups is 1. The molecule has 26 heavy (non-hydrogen) atoms. The summed E-state index contributed by atoms with van der Waals surface area (Å²) in [7, 11) is 1.61. The van der Waals surface area contributed by atoms with Crippen LogP contribution in [0.3, 0.4) is 0 Å². The number of nitrogens with one attached hydrogen (secondary N) is 1. The molecule has 3 aromatic rings. The third-order valence-corrected chi connectivity index (χ3v) is 4.16. The number of halogens is 1. The van der Waals surface area contributed by atoms with Gasteiger partial charge >= 0.3 is 0 Å². The normalized spacial score (nSPS) is 10.8. The second kappa shape index (κ2) is 8.49. The van der Waals surface area contributed by atoms with Crippen LogP contribution in [0.1, 0.15) is 5.56 Å². The van der Waals surface area contributed by atoms with Crippen molar-refractivity contribution in [2.75, 3.05) is 13.7 Å². The molecular weight excluding hydrogens is 396 g/mol. The SMILES string of the molecule is COc1ccc(/C=N/NC(=O)COc2ccc3cc(Br)ccc3c2)cc1. The highest BCUT2D eigenvalue weighted by Crippen LogP contribution is 2.24. The number of hydrogen-bond donors (Lipinski definition) is 1. The molecule has 1 N–H and O–H groups in total. The molecule has 3 rings (SSSR count). The Morgan fingerprint density at radius 1 is 1.04 bits per heavy atom. The number of amides is 1. The second-order valence-electron chi connectivity index (χ2n) is 5.51. The Hall–Kier alpha value is -2.86. The average Bonchev–Trinajstić information content (AvgIpc) is 2.67. The van der Waals surface area contributed by atoms with E-state index in [1.54, 1.807) is 13.3 Å². The molecule has 0 atom stereocenters. The van der Waals surface area contributed by atoms with Crippen LogP contribution >= 0.6 is 15.9 Å². The summed E-state index contributed by atoms with van der Waals surface area (Å²) in [6, 6.07) is 19.0. The number of nitrogens with zero attached hydrogens (tertiary/aromatic N) is 1. The van der Waals surface area contributed by atoms with Gasteiger partial charge in [-0.1, -0.05) is 28.1 Å². The van der Waals surface area contributed by atoms with Crippen molar-refractivity contribution in [3.05, 3.63) is 70.7 Å². The first kappa shape index (κ1) is 17.9. The Balaban J connectivity index is 1.51. The van der Waals surface area contributed by atoms with Gasteiger partial charge in [-0.3, -0.25) is 4.79 Å². The van der Waals surface area contributed by atoms with E-state index in [0.717, 1.165) is 26.6 Å². The summed E-state index contributed by atoms with van der Waals surface area (Å²) in [5, 5.41) is 6.06. The largest absolute Gasteiger partial charge is 0.497 e. The van der Waals surface area contributed by atoms with Gasteiger partial charge in [-0.05, 0) is 64.9 Å². The highest BCUT2D eigenvalue weighted by Gasteiger charge is 2.03. The maximum atomic E-state index is 11.8. The molecule has 0 aliphatic carbocycles. The van der Waals surface area contributed by atoms with Crippen LogP contribution < -0.4 is 14.9 Å². The fraction of sp³-hybridized carbons (Fsp3) is 0.100. The van der Waals surface area contributed by atoms with Gasteiger partial charge in [-0.2, -0.15) is 5.10 Å². The van der Waals surface area contributed by atoms with Gasteiger partial charge in [0.15, 0.2) is 6.61 Å². The van der Waals surface area contributed by atoms with E-state index in [1.807, 2.05) is 60.7 Å². The molecule has 0 aliphatic heterocycles. The highest BCUT2D eigenvalue weighted by atomic mass is 79.9. The lowest BCUT2D eigenvalue weighted by Gasteiger charge is -2.06. The van der Waals surface area contributed by atoms with Gasteiger partial charge in [0.2, 0.25) is 0 Å². The van der Waals surface area contributed by atoms with Gasteiger partial charge in [0.1, 0.15) is 11.5 Å². The quantitative estimate of drug-likeness (QED) is 0.488. The number of carbonyl (C=O) groups excluding carboxylic acids is 1. The van der Waals surface area contributed by atoms with Crippen molar-refractivity contribution in [3.63, 3.8) is 0 Å². The molecule has 5 nitrogen and oxygen atoms in total. The van der Waals surface area contributed by atoms with Crippen LogP contribution in [0.25, 0.3) is 10.8 Å². The van der Waals surface area contributed by atoms with Crippen LogP contribution in [-0.4, -0.2) is 25.8 Å². The zero-order valence-corrected chi connectivity index (χ0v) is 15.7. The van der Waals surface area contributed by atoms with E-state index in [9.17, 15) is 4.79 Å². The van der Waals surface area contributed by atoms with E-state index in [4.69, 9.17) is 9.47 Å². The number of benzene rings is 3. The number of rotatable bonds is 6. The lowest BCUT2D eigenvalue weighted by Crippen LogP contribution is -2.24. The van der Waals surface area contributed by atoms with Crippen molar-refractivity contribution in [2.24, 2.45) is 5.10 Å². The molecule has 132 valence electrons. The molecule has 0 spiro atoms. The summed E-state index contributed by atoms with van der Waals surface area (Å²) < 4.78 is 11.6. The number of methoxy groups -OCH3 is 1. The molecule has 0 saturated carbocycles. The summed E-state index contributed by atoms with van der Waals surface area (Å²) in [4.78, 5) is 11.8. The van der Waals surface area contributed by atoms with Crippen LogP contribution in [-0.2, 0) is 4.79 Å². The smallest absolute Gasteiger partial charge is 0.277 e. The third-order valence-electron chi connectivity index (χ3n) is 3.66. The lowest BCUT2D eigenvalue weighted by atomic mass is 10.1. The minimum Gasteiger partial charge on any atom is -0.497 e. The van der Waals surface area contributed by atoms with E-state index < -0.39 is 0 Å². The first-order valence-corrected chi connectivity index (χ1v) is 8.71. The summed E-state index contributed by atoms with van der Waals surface area (Å²) in [5.74, 6) is 1.07. The van der Waals surface area contributed by atoms with E-state index in [1.165, 1.54) is 0 Å². The molecule has 0 heterocycles. The highest BCUT2D eigenvalue weighted by molar-refractivity contribution is 9.10. The van der Waals surface area contributed by atoms with Crippen molar-refractivity contribution >= 4 is 38.8 Å². The van der Waals surface area contributed by atoms with Crippen LogP contribution in [0.15, 0.2) is 70.2 Å². The summed E-state index contributed by atoms with van der Waals surface area (Å²) in [6.45, 7) is -0.109. The molecular formula is C20H17BrN2O3. The van der Waals surface area contributed by atoms with E-state index in [2.05, 4.69) is 26.5 Å². The molecule has 0 fully saturated rings. The molecule has 6 heteroatoms. The molecule has 0 aromatic heterocycles.